The number of carbonyl (C=O) groups excluding carboxylic acids is 1. The third-order valence-electron chi connectivity index (χ3n) is 10.1. The highest BCUT2D eigenvalue weighted by Gasteiger charge is 2.64. The molecule has 0 amide bonds. The molecule has 1 fully saturated rings. The van der Waals surface area contributed by atoms with Gasteiger partial charge in [-0.3, -0.25) is 9.79 Å². The summed E-state index contributed by atoms with van der Waals surface area (Å²) in [5, 5.41) is 22.5. The third-order valence-corrected chi connectivity index (χ3v) is 10.1. The summed E-state index contributed by atoms with van der Waals surface area (Å²) in [5.74, 6) is -2.35. The lowest BCUT2D eigenvalue weighted by molar-refractivity contribution is -0.137. The summed E-state index contributed by atoms with van der Waals surface area (Å²) in [5.41, 5.74) is 8.75. The lowest BCUT2D eigenvalue weighted by atomic mass is 9.82. The number of carboxylic acids is 1. The fourth-order valence-electron chi connectivity index (χ4n) is 7.67. The first-order valence-electron chi connectivity index (χ1n) is 15.3. The molecule has 7 rings (SSSR count). The lowest BCUT2D eigenvalue weighted by Crippen LogP contribution is -2.26. The normalized spacial score (nSPS) is 26.0. The van der Waals surface area contributed by atoms with Gasteiger partial charge in [0.15, 0.2) is 6.10 Å². The molecule has 4 aliphatic heterocycles. The summed E-state index contributed by atoms with van der Waals surface area (Å²) >= 11 is 0. The number of methoxy groups -OCH3 is 1. The van der Waals surface area contributed by atoms with Crippen molar-refractivity contribution in [2.75, 3.05) is 7.11 Å². The van der Waals surface area contributed by atoms with E-state index in [0.717, 1.165) is 56.7 Å². The largest absolute Gasteiger partial charge is 0.506 e. The highest BCUT2D eigenvalue weighted by Crippen LogP contribution is 2.59. The lowest BCUT2D eigenvalue weighted by Gasteiger charge is -2.19. The molecule has 6 heterocycles. The molecule has 5 aliphatic rings. The Kier molecular flexibility index (Phi) is 6.39. The second kappa shape index (κ2) is 9.90. The number of nitrogens with zero attached hydrogens (tertiary/aromatic N) is 2. The second-order valence-electron chi connectivity index (χ2n) is 12.4. The molecular formula is C35H36N4O6. The Morgan fingerprint density at radius 3 is 2.62 bits per heavy atom. The van der Waals surface area contributed by atoms with Crippen molar-refractivity contribution in [3.8, 4) is 0 Å². The number of esters is 1. The molecule has 8 bridgehead atoms. The molecule has 1 saturated heterocycles. The van der Waals surface area contributed by atoms with Crippen LogP contribution in [-0.2, 0) is 25.5 Å². The summed E-state index contributed by atoms with van der Waals surface area (Å²) in [7, 11) is 1.27. The number of carboxylic acid groups (broad SMARTS) is 1. The molecule has 0 aromatic carbocycles. The average Bonchev–Trinajstić information content (AvgIpc) is 3.24. The van der Waals surface area contributed by atoms with Crippen LogP contribution in [-0.4, -0.2) is 56.4 Å². The van der Waals surface area contributed by atoms with Crippen molar-refractivity contribution in [1.29, 1.82) is 0 Å². The molecule has 10 heteroatoms. The van der Waals surface area contributed by atoms with E-state index in [0.29, 0.717) is 27.9 Å². The van der Waals surface area contributed by atoms with Crippen LogP contribution in [0.25, 0.3) is 17.4 Å². The molecule has 0 saturated carbocycles. The SMILES string of the molecule is C=CC1=C(C)C2=NC13OC3c1[nH]c(c(CC)c1C)C=c1[nH]c3c(c1C)C(O)=C(C(=O)OC)C=3C1=NC(=C2)[C@@H](C)[C@@H]1CCC(=O)O. The van der Waals surface area contributed by atoms with Gasteiger partial charge in [0.05, 0.1) is 29.6 Å². The first-order chi connectivity index (χ1) is 21.5. The summed E-state index contributed by atoms with van der Waals surface area (Å²) in [4.78, 5) is 42.3. The van der Waals surface area contributed by atoms with Crippen LogP contribution in [0.1, 0.15) is 73.4 Å². The van der Waals surface area contributed by atoms with E-state index in [1.165, 1.54) is 7.11 Å². The van der Waals surface area contributed by atoms with Gasteiger partial charge in [0.25, 0.3) is 0 Å². The topological polar surface area (TPSA) is 153 Å². The fraction of sp³-hybridized carbons (Fsp3) is 0.371. The number of H-pyrrole nitrogens is 2. The molecule has 4 atom stereocenters. The Bertz CT molecular complexity index is 2050. The first-order valence-corrected chi connectivity index (χ1v) is 15.3. The number of epoxide rings is 1. The Labute approximate surface area is 260 Å². The van der Waals surface area contributed by atoms with Crippen molar-refractivity contribution >= 4 is 40.8 Å². The molecule has 2 aromatic rings. The van der Waals surface area contributed by atoms with Crippen LogP contribution < -0.4 is 10.7 Å². The van der Waals surface area contributed by atoms with Crippen LogP contribution in [0.15, 0.2) is 51.1 Å². The Morgan fingerprint density at radius 1 is 1.20 bits per heavy atom. The summed E-state index contributed by atoms with van der Waals surface area (Å²) in [6.07, 6.45) is 6.44. The van der Waals surface area contributed by atoms with E-state index in [1.807, 2.05) is 39.0 Å². The zero-order valence-corrected chi connectivity index (χ0v) is 26.2. The minimum atomic E-state index is -0.922. The number of rotatable bonds is 6. The van der Waals surface area contributed by atoms with E-state index in [-0.39, 0.29) is 42.1 Å². The van der Waals surface area contributed by atoms with E-state index in [1.54, 1.807) is 0 Å². The summed E-state index contributed by atoms with van der Waals surface area (Å²) < 4.78 is 11.6. The average molecular weight is 609 g/mol. The smallest absolute Gasteiger partial charge is 0.342 e. The standard InChI is InChI=1S/C35H36N4O6/c1-8-18-15(4)29-33-35(45-33)20(9-2)16(5)23(39-35)12-21-14(3)19(10-11-25(40)41)30(36-21)27-28(34(43)44-7)32(42)26-17(6)22(37-31(26)27)13-24(18)38-29/h9,12-14,19,33,37-38,42H,2,8,10-11H2,1,3-7H3,(H,40,41)/t14-,19-,33?,35?/m0/s1. The van der Waals surface area contributed by atoms with Crippen molar-refractivity contribution < 1.29 is 29.3 Å². The molecule has 10 nitrogen and oxygen atoms in total. The van der Waals surface area contributed by atoms with Gasteiger partial charge < -0.3 is 29.7 Å². The van der Waals surface area contributed by atoms with Gasteiger partial charge in [-0.1, -0.05) is 26.5 Å². The molecule has 2 unspecified atom stereocenters. The van der Waals surface area contributed by atoms with Crippen LogP contribution in [0.5, 0.6) is 0 Å². The predicted octanol–water partition coefficient (Wildman–Crippen LogP) is 4.15. The number of aliphatic hydroxyl groups excluding tert-OH is 1. The maximum atomic E-state index is 13.2. The maximum absolute atomic E-state index is 13.2. The number of aromatic nitrogens is 2. The third kappa shape index (κ3) is 3.91. The molecule has 0 radical (unpaired) electrons. The summed E-state index contributed by atoms with van der Waals surface area (Å²) in [6, 6.07) is 0. The quantitative estimate of drug-likeness (QED) is 0.286. The first kappa shape index (κ1) is 29.0. The number of fused-ring (bicyclic) bond motifs is 6. The predicted molar refractivity (Wildman–Crippen MR) is 170 cm³/mol. The van der Waals surface area contributed by atoms with Gasteiger partial charge in [0.1, 0.15) is 11.3 Å². The number of carbonyl (C=O) groups is 2. The van der Waals surface area contributed by atoms with E-state index < -0.39 is 17.7 Å². The number of aliphatic hydroxyl groups is 1. The number of hydrogen-bond acceptors (Lipinski definition) is 7. The highest BCUT2D eigenvalue weighted by molar-refractivity contribution is 6.35. The molecular weight excluding hydrogens is 572 g/mol. The van der Waals surface area contributed by atoms with Gasteiger partial charge in [-0.15, -0.1) is 0 Å². The number of allylic oxidation sites excluding steroid dienone is 3. The highest BCUT2D eigenvalue weighted by atomic mass is 16.6. The van der Waals surface area contributed by atoms with E-state index >= 15 is 0 Å². The van der Waals surface area contributed by atoms with E-state index in [2.05, 4.69) is 30.4 Å². The number of nitrogens with one attached hydrogen (secondary N) is 2. The minimum Gasteiger partial charge on any atom is -0.506 e. The molecule has 2 aromatic heterocycles. The van der Waals surface area contributed by atoms with Gasteiger partial charge in [-0.2, -0.15) is 0 Å². The molecule has 45 heavy (non-hydrogen) atoms. The Hall–Kier alpha value is -4.70. The second-order valence-corrected chi connectivity index (χ2v) is 12.4. The van der Waals surface area contributed by atoms with Crippen molar-refractivity contribution in [1.82, 2.24) is 9.97 Å². The minimum absolute atomic E-state index is 0.0192. The van der Waals surface area contributed by atoms with Crippen LogP contribution in [0.2, 0.25) is 0 Å². The van der Waals surface area contributed by atoms with Crippen molar-refractivity contribution in [2.45, 2.75) is 65.7 Å². The number of ether oxygens (including phenoxy) is 2. The maximum Gasteiger partial charge on any atom is 0.342 e. The van der Waals surface area contributed by atoms with Gasteiger partial charge in [-0.05, 0) is 68.0 Å². The number of aliphatic carboxylic acids is 1. The van der Waals surface area contributed by atoms with Gasteiger partial charge in [0, 0.05) is 51.7 Å². The number of hydrogen-bond donors (Lipinski definition) is 4. The van der Waals surface area contributed by atoms with E-state index in [4.69, 9.17) is 19.5 Å². The Balaban J connectivity index is 1.58. The van der Waals surface area contributed by atoms with Crippen LogP contribution in [0.4, 0.5) is 0 Å². The van der Waals surface area contributed by atoms with Crippen LogP contribution in [0, 0.1) is 25.7 Å². The van der Waals surface area contributed by atoms with Crippen molar-refractivity contribution in [2.24, 2.45) is 21.8 Å². The Morgan fingerprint density at radius 2 is 1.96 bits per heavy atom. The number of aliphatic imine (C=N–C) groups is 2. The fourth-order valence-corrected chi connectivity index (χ4v) is 7.67. The van der Waals surface area contributed by atoms with Gasteiger partial charge >= 0.3 is 11.9 Å². The molecule has 4 N–H and O–H groups in total. The van der Waals surface area contributed by atoms with Crippen LogP contribution >= 0.6 is 0 Å². The number of aromatic amines is 2. The van der Waals surface area contributed by atoms with Crippen molar-refractivity contribution in [3.05, 3.63) is 85.5 Å². The summed E-state index contributed by atoms with van der Waals surface area (Å²) in [6.45, 7) is 14.2. The van der Waals surface area contributed by atoms with Gasteiger partial charge in [0.2, 0.25) is 5.72 Å². The zero-order chi connectivity index (χ0) is 32.1. The molecule has 1 aliphatic carbocycles. The molecule has 1 spiro atoms. The van der Waals surface area contributed by atoms with Gasteiger partial charge in [-0.25, -0.2) is 9.79 Å². The van der Waals surface area contributed by atoms with E-state index in [9.17, 15) is 19.8 Å². The monoisotopic (exact) mass is 608 g/mol. The van der Waals surface area contributed by atoms with Crippen LogP contribution in [0.3, 0.4) is 0 Å². The molecule has 232 valence electrons. The zero-order valence-electron chi connectivity index (χ0n) is 26.2. The van der Waals surface area contributed by atoms with Crippen molar-refractivity contribution in [3.63, 3.8) is 0 Å².